The second kappa shape index (κ2) is 7.47. The van der Waals surface area contributed by atoms with Crippen molar-refractivity contribution in [3.63, 3.8) is 0 Å². The van der Waals surface area contributed by atoms with Crippen molar-refractivity contribution >= 4 is 11.9 Å². The molecule has 1 aliphatic rings. The number of carbonyl (C=O) groups excluding carboxylic acids is 2. The first-order valence-corrected chi connectivity index (χ1v) is 8.24. The second-order valence-electron chi connectivity index (χ2n) is 6.40. The highest BCUT2D eigenvalue weighted by Gasteiger charge is 2.50. The van der Waals surface area contributed by atoms with Crippen molar-refractivity contribution in [2.75, 3.05) is 13.7 Å². The Labute approximate surface area is 145 Å². The van der Waals surface area contributed by atoms with Crippen molar-refractivity contribution < 1.29 is 28.2 Å². The Kier molecular flexibility index (Phi) is 5.77. The summed E-state index contributed by atoms with van der Waals surface area (Å²) in [5.41, 5.74) is 0.865. The molecule has 5 nitrogen and oxygen atoms in total. The van der Waals surface area contributed by atoms with Gasteiger partial charge in [-0.25, -0.2) is 8.78 Å². The Hall–Kier alpha value is -2.02. The molecule has 1 saturated heterocycles. The van der Waals surface area contributed by atoms with Gasteiger partial charge in [-0.2, -0.15) is 0 Å². The summed E-state index contributed by atoms with van der Waals surface area (Å²) < 4.78 is 32.9. The van der Waals surface area contributed by atoms with Crippen molar-refractivity contribution in [3.05, 3.63) is 35.4 Å². The number of benzene rings is 1. The first-order valence-electron chi connectivity index (χ1n) is 8.24. The number of alkyl halides is 2. The van der Waals surface area contributed by atoms with Gasteiger partial charge in [0.2, 0.25) is 0 Å². The molecule has 1 amide bonds. The first kappa shape index (κ1) is 19.3. The van der Waals surface area contributed by atoms with Crippen LogP contribution in [0.15, 0.2) is 24.3 Å². The van der Waals surface area contributed by atoms with Crippen LogP contribution >= 0.6 is 0 Å². The van der Waals surface area contributed by atoms with Gasteiger partial charge in [-0.05, 0) is 31.0 Å². The molecule has 0 aromatic heterocycles. The van der Waals surface area contributed by atoms with Crippen LogP contribution < -0.4 is 0 Å². The minimum atomic E-state index is -3.15. The number of rotatable bonds is 4. The van der Waals surface area contributed by atoms with Crippen LogP contribution in [0.4, 0.5) is 8.78 Å². The number of hydrogen-bond acceptors (Lipinski definition) is 4. The van der Waals surface area contributed by atoms with Gasteiger partial charge in [0.25, 0.3) is 11.8 Å². The fourth-order valence-corrected chi connectivity index (χ4v) is 3.30. The van der Waals surface area contributed by atoms with Crippen molar-refractivity contribution in [2.45, 2.75) is 44.8 Å². The molecule has 138 valence electrons. The van der Waals surface area contributed by atoms with Gasteiger partial charge >= 0.3 is 5.97 Å². The Morgan fingerprint density at radius 2 is 1.96 bits per heavy atom. The summed E-state index contributed by atoms with van der Waals surface area (Å²) in [6.45, 7) is 2.62. The van der Waals surface area contributed by atoms with Gasteiger partial charge in [0.05, 0.1) is 25.7 Å². The monoisotopic (exact) mass is 355 g/mol. The van der Waals surface area contributed by atoms with E-state index in [1.54, 1.807) is 26.0 Å². The zero-order valence-electron chi connectivity index (χ0n) is 14.5. The highest BCUT2D eigenvalue weighted by Crippen LogP contribution is 2.37. The third kappa shape index (κ3) is 4.15. The molecule has 1 fully saturated rings. The first-order chi connectivity index (χ1) is 11.7. The standard InChI is InChI=1S/C18H23F2NO4/c1-4-15-14(17(24)25-3)9-18(19,20)10-21(15)16(23)13-7-5-12(6-8-13)11(2)22/h5-8,11,14-15,22H,4,9-10H2,1-3H3/t11-,14?,15?/m1/s1. The third-order valence-corrected chi connectivity index (χ3v) is 4.61. The summed E-state index contributed by atoms with van der Waals surface area (Å²) in [6.07, 6.45) is -0.938. The van der Waals surface area contributed by atoms with Gasteiger partial charge in [-0.3, -0.25) is 9.59 Å². The number of likely N-dealkylation sites (tertiary alicyclic amines) is 1. The fourth-order valence-electron chi connectivity index (χ4n) is 3.30. The largest absolute Gasteiger partial charge is 0.469 e. The average Bonchev–Trinajstić information content (AvgIpc) is 2.59. The Balaban J connectivity index is 2.32. The van der Waals surface area contributed by atoms with Crippen molar-refractivity contribution in [1.29, 1.82) is 0 Å². The SMILES string of the molecule is CCC1C(C(=O)OC)CC(F)(F)CN1C(=O)c1ccc([C@@H](C)O)cc1. The lowest BCUT2D eigenvalue weighted by molar-refractivity contribution is -0.160. The summed E-state index contributed by atoms with van der Waals surface area (Å²) >= 11 is 0. The van der Waals surface area contributed by atoms with E-state index in [1.165, 1.54) is 12.1 Å². The average molecular weight is 355 g/mol. The quantitative estimate of drug-likeness (QED) is 0.844. The number of methoxy groups -OCH3 is 1. The zero-order chi connectivity index (χ0) is 18.8. The highest BCUT2D eigenvalue weighted by molar-refractivity contribution is 5.95. The van der Waals surface area contributed by atoms with Crippen LogP contribution in [0.3, 0.4) is 0 Å². The smallest absolute Gasteiger partial charge is 0.310 e. The molecule has 1 N–H and O–H groups in total. The molecule has 3 atom stereocenters. The molecule has 0 saturated carbocycles. The maximum atomic E-state index is 14.1. The molecular formula is C18H23F2NO4. The predicted molar refractivity (Wildman–Crippen MR) is 87.3 cm³/mol. The van der Waals surface area contributed by atoms with Gasteiger partial charge in [0.1, 0.15) is 0 Å². The molecule has 0 spiro atoms. The van der Waals surface area contributed by atoms with Crippen LogP contribution in [0.25, 0.3) is 0 Å². The van der Waals surface area contributed by atoms with Gasteiger partial charge < -0.3 is 14.7 Å². The van der Waals surface area contributed by atoms with E-state index in [2.05, 4.69) is 4.74 Å². The third-order valence-electron chi connectivity index (χ3n) is 4.61. The minimum Gasteiger partial charge on any atom is -0.469 e. The van der Waals surface area contributed by atoms with Gasteiger partial charge in [0, 0.05) is 18.0 Å². The van der Waals surface area contributed by atoms with E-state index in [-0.39, 0.29) is 5.56 Å². The van der Waals surface area contributed by atoms with Crippen molar-refractivity contribution in [2.24, 2.45) is 5.92 Å². The number of nitrogens with zero attached hydrogens (tertiary/aromatic N) is 1. The molecule has 25 heavy (non-hydrogen) atoms. The zero-order valence-corrected chi connectivity index (χ0v) is 14.5. The van der Waals surface area contributed by atoms with Gasteiger partial charge in [0.15, 0.2) is 0 Å². The molecular weight excluding hydrogens is 332 g/mol. The summed E-state index contributed by atoms with van der Waals surface area (Å²) in [5, 5.41) is 9.53. The molecule has 1 aromatic rings. The molecule has 2 rings (SSSR count). The number of ether oxygens (including phenoxy) is 1. The molecule has 0 radical (unpaired) electrons. The number of piperidine rings is 1. The van der Waals surface area contributed by atoms with Crippen LogP contribution in [-0.4, -0.2) is 47.5 Å². The van der Waals surface area contributed by atoms with E-state index in [4.69, 9.17) is 0 Å². The van der Waals surface area contributed by atoms with E-state index >= 15 is 0 Å². The molecule has 0 bridgehead atoms. The molecule has 1 aromatic carbocycles. The van der Waals surface area contributed by atoms with E-state index < -0.39 is 48.8 Å². The number of aliphatic hydroxyl groups excluding tert-OH is 1. The second-order valence-corrected chi connectivity index (χ2v) is 6.40. The number of carbonyl (C=O) groups is 2. The maximum absolute atomic E-state index is 14.1. The molecule has 7 heteroatoms. The highest BCUT2D eigenvalue weighted by atomic mass is 19.3. The number of amides is 1. The van der Waals surface area contributed by atoms with Crippen molar-refractivity contribution in [1.82, 2.24) is 4.90 Å². The molecule has 1 heterocycles. The lowest BCUT2D eigenvalue weighted by atomic mass is 9.85. The fraction of sp³-hybridized carbons (Fsp3) is 0.556. The van der Waals surface area contributed by atoms with Crippen LogP contribution in [0.2, 0.25) is 0 Å². The summed E-state index contributed by atoms with van der Waals surface area (Å²) in [5.74, 6) is -5.50. The number of aliphatic hydroxyl groups is 1. The van der Waals surface area contributed by atoms with Gasteiger partial charge in [-0.15, -0.1) is 0 Å². The number of hydrogen-bond donors (Lipinski definition) is 1. The Bertz CT molecular complexity index is 630. The predicted octanol–water partition coefficient (Wildman–Crippen LogP) is 2.79. The number of halogens is 2. The van der Waals surface area contributed by atoms with Crippen LogP contribution in [-0.2, 0) is 9.53 Å². The van der Waals surface area contributed by atoms with E-state index in [0.29, 0.717) is 12.0 Å². The van der Waals surface area contributed by atoms with E-state index in [0.717, 1.165) is 12.0 Å². The Morgan fingerprint density at radius 3 is 2.44 bits per heavy atom. The maximum Gasteiger partial charge on any atom is 0.310 e. The molecule has 0 aliphatic carbocycles. The van der Waals surface area contributed by atoms with Gasteiger partial charge in [-0.1, -0.05) is 19.1 Å². The lowest BCUT2D eigenvalue weighted by Gasteiger charge is -2.43. The summed E-state index contributed by atoms with van der Waals surface area (Å²) in [4.78, 5) is 25.8. The lowest BCUT2D eigenvalue weighted by Crippen LogP contribution is -2.57. The van der Waals surface area contributed by atoms with Crippen LogP contribution in [0.5, 0.6) is 0 Å². The number of esters is 1. The minimum absolute atomic E-state index is 0.240. The van der Waals surface area contributed by atoms with Crippen LogP contribution in [0.1, 0.15) is 48.7 Å². The van der Waals surface area contributed by atoms with E-state index in [1.807, 2.05) is 0 Å². The van der Waals surface area contributed by atoms with Crippen molar-refractivity contribution in [3.8, 4) is 0 Å². The molecule has 1 aliphatic heterocycles. The van der Waals surface area contributed by atoms with E-state index in [9.17, 15) is 23.5 Å². The summed E-state index contributed by atoms with van der Waals surface area (Å²) in [6, 6.07) is 5.52. The Morgan fingerprint density at radius 1 is 1.36 bits per heavy atom. The van der Waals surface area contributed by atoms with Crippen LogP contribution in [0, 0.1) is 5.92 Å². The topological polar surface area (TPSA) is 66.8 Å². The summed E-state index contributed by atoms with van der Waals surface area (Å²) in [7, 11) is 1.16. The normalized spacial score (nSPS) is 23.8. The molecule has 2 unspecified atom stereocenters.